The molecular formula is C33H55ClN12O3. The molecular weight excluding hydrogens is 648 g/mol. The molecule has 1 atom stereocenters. The first-order chi connectivity index (χ1) is 23.5. The second kappa shape index (κ2) is 23.3. The summed E-state index contributed by atoms with van der Waals surface area (Å²) in [6.45, 7) is 6.23. The number of halogens is 1. The molecule has 1 aromatic heterocycles. The molecule has 2 aromatic rings. The molecule has 0 aliphatic rings. The highest BCUT2D eigenvalue weighted by Crippen LogP contribution is 2.16. The molecule has 0 unspecified atom stereocenters. The number of aromatic nitrogens is 2. The lowest BCUT2D eigenvalue weighted by Crippen LogP contribution is -2.41. The normalized spacial score (nSPS) is 12.1. The number of amidine groups is 1. The number of nitrogens with zero attached hydrogens (tertiary/aromatic N) is 4. The molecule has 0 fully saturated rings. The zero-order chi connectivity index (χ0) is 36.0. The van der Waals surface area contributed by atoms with E-state index in [0.717, 1.165) is 76.8 Å². The number of carbonyl (C=O) groups is 2. The third-order valence-corrected chi connectivity index (χ3v) is 8.04. The number of unbranched alkanes of at least 4 members (excludes halogenated alkanes) is 3. The number of ether oxygens (including phenoxy) is 1. The summed E-state index contributed by atoms with van der Waals surface area (Å²) in [6.07, 6.45) is 8.02. The van der Waals surface area contributed by atoms with Crippen LogP contribution in [0, 0.1) is 12.3 Å². The van der Waals surface area contributed by atoms with Gasteiger partial charge in [0, 0.05) is 26.1 Å². The summed E-state index contributed by atoms with van der Waals surface area (Å²) in [5, 5.41) is 12.8. The summed E-state index contributed by atoms with van der Waals surface area (Å²) in [4.78, 5) is 39.2. The summed E-state index contributed by atoms with van der Waals surface area (Å²) in [5.41, 5.74) is 30.3. The number of nitrogens with two attached hydrogens (primary N) is 5. The molecule has 2 rings (SSSR count). The van der Waals surface area contributed by atoms with E-state index in [1.807, 2.05) is 12.1 Å². The first kappa shape index (κ1) is 41.1. The van der Waals surface area contributed by atoms with Gasteiger partial charge in [0.25, 0.3) is 5.91 Å². The summed E-state index contributed by atoms with van der Waals surface area (Å²) in [5.74, 6) is 0.195. The average molecular weight is 703 g/mol. The number of benzene rings is 1. The van der Waals surface area contributed by atoms with Gasteiger partial charge >= 0.3 is 0 Å². The standard InChI is InChI=1S/C33H55ClN12O3/c1-23-29(34)44-28(30(39)43-23)32(48)45-33(40)42-17-6-5-9-24-12-14-25(15-13-24)49-22-21-46(19-7-16-35)20-8-18-41-31(47)26(36)10-3-2-4-11-27(37)38/h12-15,26H,2-11,16-22,35-36H2,1H3,(H3,37,38)(H2,39,43)(H,41,47)(H3,40,42,45,48)/t26-/m0/s1. The Kier molecular flexibility index (Phi) is 19.6. The Morgan fingerprint density at radius 2 is 1.76 bits per heavy atom. The number of hydrogen-bond acceptors (Lipinski definition) is 11. The molecule has 13 N–H and O–H groups in total. The zero-order valence-electron chi connectivity index (χ0n) is 28.7. The van der Waals surface area contributed by atoms with Gasteiger partial charge < -0.3 is 38.7 Å². The molecule has 0 bridgehead atoms. The third kappa shape index (κ3) is 17.3. The van der Waals surface area contributed by atoms with E-state index < -0.39 is 11.9 Å². The molecule has 15 nitrogen and oxygen atoms in total. The van der Waals surface area contributed by atoms with Crippen molar-refractivity contribution in [2.24, 2.45) is 27.9 Å². The molecule has 49 heavy (non-hydrogen) atoms. The number of hydrogen-bond donors (Lipinski definition) is 8. The first-order valence-electron chi connectivity index (χ1n) is 16.9. The van der Waals surface area contributed by atoms with E-state index in [1.165, 1.54) is 5.56 Å². The number of nitrogen functional groups attached to an aromatic ring is 1. The Morgan fingerprint density at radius 1 is 1.02 bits per heavy atom. The highest BCUT2D eigenvalue weighted by molar-refractivity contribution is 6.30. The van der Waals surface area contributed by atoms with Crippen LogP contribution >= 0.6 is 11.6 Å². The molecule has 272 valence electrons. The van der Waals surface area contributed by atoms with Crippen molar-refractivity contribution in [3.8, 4) is 5.75 Å². The van der Waals surface area contributed by atoms with E-state index in [4.69, 9.17) is 50.4 Å². The fraction of sp³-hybridized carbons (Fsp3) is 0.576. The van der Waals surface area contributed by atoms with Crippen LogP contribution in [-0.2, 0) is 11.2 Å². The van der Waals surface area contributed by atoms with Crippen molar-refractivity contribution in [3.05, 3.63) is 46.4 Å². The lowest BCUT2D eigenvalue weighted by Gasteiger charge is -2.22. The van der Waals surface area contributed by atoms with E-state index in [2.05, 4.69) is 42.6 Å². The first-order valence-corrected chi connectivity index (χ1v) is 17.3. The van der Waals surface area contributed by atoms with Gasteiger partial charge in [-0.05, 0) is 89.2 Å². The lowest BCUT2D eigenvalue weighted by molar-refractivity contribution is -0.122. The van der Waals surface area contributed by atoms with Crippen molar-refractivity contribution in [2.45, 2.75) is 77.2 Å². The van der Waals surface area contributed by atoms with Gasteiger partial charge in [-0.1, -0.05) is 36.6 Å². The third-order valence-electron chi connectivity index (χ3n) is 7.68. The Morgan fingerprint density at radius 3 is 2.47 bits per heavy atom. The molecule has 0 saturated carbocycles. The Balaban J connectivity index is 1.63. The molecule has 1 aromatic carbocycles. The number of aliphatic imine (C=N–C) groups is 1. The Labute approximate surface area is 294 Å². The second-order valence-corrected chi connectivity index (χ2v) is 12.2. The maximum absolute atomic E-state index is 12.4. The van der Waals surface area contributed by atoms with E-state index in [9.17, 15) is 9.59 Å². The Hall–Kier alpha value is -4.05. The van der Waals surface area contributed by atoms with Crippen LogP contribution in [-0.4, -0.2) is 90.4 Å². The average Bonchev–Trinajstić information content (AvgIpc) is 3.06. The molecule has 0 saturated heterocycles. The van der Waals surface area contributed by atoms with Crippen LogP contribution in [0.4, 0.5) is 5.82 Å². The minimum atomic E-state index is -0.619. The number of nitrogens with one attached hydrogen (secondary N) is 3. The predicted octanol–water partition coefficient (Wildman–Crippen LogP) is 1.84. The van der Waals surface area contributed by atoms with Gasteiger partial charge in [-0.2, -0.15) is 0 Å². The maximum Gasteiger partial charge on any atom is 0.280 e. The van der Waals surface area contributed by atoms with Gasteiger partial charge in [-0.25, -0.2) is 9.97 Å². The minimum absolute atomic E-state index is 0.0249. The van der Waals surface area contributed by atoms with Crippen LogP contribution in [0.5, 0.6) is 5.75 Å². The number of rotatable bonds is 24. The van der Waals surface area contributed by atoms with Crippen molar-refractivity contribution in [1.29, 1.82) is 5.41 Å². The fourth-order valence-electron chi connectivity index (χ4n) is 4.87. The predicted molar refractivity (Wildman–Crippen MR) is 196 cm³/mol. The SMILES string of the molecule is Cc1nc(N)c(C(=O)NC(N)=NCCCCc2ccc(OCCN(CCCN)CCCNC(=O)[C@@H](N)CCCCCC(=N)N)cc2)nc1Cl. The molecule has 0 aliphatic carbocycles. The molecule has 1 heterocycles. The van der Waals surface area contributed by atoms with Crippen LogP contribution in [0.3, 0.4) is 0 Å². The van der Waals surface area contributed by atoms with Gasteiger partial charge in [0.05, 0.1) is 17.6 Å². The molecule has 0 spiro atoms. The molecule has 0 aliphatic heterocycles. The van der Waals surface area contributed by atoms with Crippen molar-refractivity contribution in [1.82, 2.24) is 25.5 Å². The smallest absolute Gasteiger partial charge is 0.280 e. The quantitative estimate of drug-likeness (QED) is 0.0444. The molecule has 16 heteroatoms. The van der Waals surface area contributed by atoms with Gasteiger partial charge in [0.1, 0.15) is 12.4 Å². The van der Waals surface area contributed by atoms with Gasteiger partial charge in [0.2, 0.25) is 5.91 Å². The van der Waals surface area contributed by atoms with Crippen LogP contribution in [0.25, 0.3) is 0 Å². The van der Waals surface area contributed by atoms with Crippen molar-refractivity contribution in [3.63, 3.8) is 0 Å². The summed E-state index contributed by atoms with van der Waals surface area (Å²) >= 11 is 5.95. The van der Waals surface area contributed by atoms with E-state index in [-0.39, 0.29) is 34.4 Å². The number of anilines is 1. The highest BCUT2D eigenvalue weighted by Gasteiger charge is 2.16. The van der Waals surface area contributed by atoms with E-state index in [1.54, 1.807) is 6.92 Å². The van der Waals surface area contributed by atoms with Crippen molar-refractivity contribution < 1.29 is 14.3 Å². The lowest BCUT2D eigenvalue weighted by atomic mass is 10.1. The number of guanidine groups is 1. The number of aryl methyl sites for hydroxylation is 2. The van der Waals surface area contributed by atoms with E-state index in [0.29, 0.717) is 44.8 Å². The zero-order valence-corrected chi connectivity index (χ0v) is 29.4. The highest BCUT2D eigenvalue weighted by atomic mass is 35.5. The van der Waals surface area contributed by atoms with Crippen LogP contribution in [0.2, 0.25) is 5.15 Å². The van der Waals surface area contributed by atoms with Crippen LogP contribution in [0.15, 0.2) is 29.3 Å². The summed E-state index contributed by atoms with van der Waals surface area (Å²) < 4.78 is 6.00. The monoisotopic (exact) mass is 702 g/mol. The van der Waals surface area contributed by atoms with Crippen molar-refractivity contribution >= 4 is 41.0 Å². The summed E-state index contributed by atoms with van der Waals surface area (Å²) in [6, 6.07) is 7.53. The minimum Gasteiger partial charge on any atom is -0.492 e. The molecule has 0 radical (unpaired) electrons. The second-order valence-electron chi connectivity index (χ2n) is 11.9. The Bertz CT molecular complexity index is 1340. The number of amides is 2. The van der Waals surface area contributed by atoms with Gasteiger partial charge in [-0.15, -0.1) is 0 Å². The van der Waals surface area contributed by atoms with Crippen LogP contribution in [0.1, 0.15) is 79.5 Å². The van der Waals surface area contributed by atoms with Crippen LogP contribution < -0.4 is 44.0 Å². The molecule has 2 amide bonds. The maximum atomic E-state index is 12.4. The fourth-order valence-corrected chi connectivity index (χ4v) is 4.99. The van der Waals surface area contributed by atoms with Gasteiger partial charge in [-0.3, -0.25) is 30.2 Å². The van der Waals surface area contributed by atoms with Gasteiger partial charge in [0.15, 0.2) is 22.6 Å². The summed E-state index contributed by atoms with van der Waals surface area (Å²) in [7, 11) is 0. The van der Waals surface area contributed by atoms with Crippen molar-refractivity contribution in [2.75, 3.05) is 51.6 Å². The van der Waals surface area contributed by atoms with E-state index >= 15 is 0 Å². The topological polar surface area (TPSA) is 263 Å². The number of carbonyl (C=O) groups excluding carboxylic acids is 2. The largest absolute Gasteiger partial charge is 0.492 e.